The molecule has 1 aliphatic carbocycles. The minimum atomic E-state index is -0.108. The van der Waals surface area contributed by atoms with Crippen LogP contribution in [0.1, 0.15) is 50.5 Å². The second-order valence-electron chi connectivity index (χ2n) is 7.50. The lowest BCUT2D eigenvalue weighted by atomic mass is 9.83. The Morgan fingerprint density at radius 3 is 2.78 bits per heavy atom. The molecule has 1 unspecified atom stereocenters. The monoisotopic (exact) mass is 362 g/mol. The van der Waals surface area contributed by atoms with Crippen LogP contribution in [-0.4, -0.2) is 32.5 Å². The number of aromatic nitrogens is 3. The van der Waals surface area contributed by atoms with Gasteiger partial charge in [-0.05, 0) is 43.6 Å². The summed E-state index contributed by atoms with van der Waals surface area (Å²) in [6, 6.07) is 9.88. The Kier molecular flexibility index (Phi) is 4.11. The van der Waals surface area contributed by atoms with Crippen molar-refractivity contribution >= 4 is 16.7 Å². The Labute approximate surface area is 157 Å². The Balaban J connectivity index is 1.47. The Morgan fingerprint density at radius 1 is 1.04 bits per heavy atom. The minimum absolute atomic E-state index is 0.108. The van der Waals surface area contributed by atoms with Crippen LogP contribution in [0.25, 0.3) is 22.4 Å². The van der Waals surface area contributed by atoms with E-state index in [1.54, 1.807) is 6.20 Å². The number of amides is 1. The van der Waals surface area contributed by atoms with E-state index in [1.807, 2.05) is 35.2 Å². The Morgan fingerprint density at radius 2 is 1.93 bits per heavy atom. The number of likely N-dealkylation sites (tertiary alicyclic amines) is 1. The summed E-state index contributed by atoms with van der Waals surface area (Å²) < 4.78 is 6.05. The summed E-state index contributed by atoms with van der Waals surface area (Å²) in [6.07, 6.45) is 7.93. The molecule has 1 saturated heterocycles. The molecule has 138 valence electrons. The molecular weight excluding hydrogens is 340 g/mol. The molecule has 1 saturated carbocycles. The second-order valence-corrected chi connectivity index (χ2v) is 7.50. The number of rotatable bonds is 3. The van der Waals surface area contributed by atoms with Gasteiger partial charge in [-0.15, -0.1) is 10.2 Å². The van der Waals surface area contributed by atoms with Crippen molar-refractivity contribution in [2.75, 3.05) is 6.54 Å². The molecule has 2 aromatic heterocycles. The summed E-state index contributed by atoms with van der Waals surface area (Å²) in [4.78, 5) is 19.3. The molecule has 1 amide bonds. The number of piperidine rings is 1. The molecule has 0 radical (unpaired) electrons. The van der Waals surface area contributed by atoms with Crippen LogP contribution < -0.4 is 0 Å². The van der Waals surface area contributed by atoms with E-state index < -0.39 is 0 Å². The highest BCUT2D eigenvalue weighted by Crippen LogP contribution is 2.37. The molecular formula is C21H22N4O2. The number of carbonyl (C=O) groups is 1. The van der Waals surface area contributed by atoms with E-state index in [0.29, 0.717) is 17.5 Å². The number of benzene rings is 1. The van der Waals surface area contributed by atoms with Gasteiger partial charge in [-0.3, -0.25) is 9.78 Å². The normalized spacial score (nSPS) is 20.6. The van der Waals surface area contributed by atoms with Gasteiger partial charge in [0.2, 0.25) is 11.8 Å². The fourth-order valence-electron chi connectivity index (χ4n) is 4.10. The van der Waals surface area contributed by atoms with Crippen LogP contribution in [0, 0.1) is 5.92 Å². The lowest BCUT2D eigenvalue weighted by molar-refractivity contribution is -0.142. The van der Waals surface area contributed by atoms with Gasteiger partial charge in [-0.1, -0.05) is 30.7 Å². The third-order valence-electron chi connectivity index (χ3n) is 5.84. The first-order chi connectivity index (χ1) is 13.3. The highest BCUT2D eigenvalue weighted by Gasteiger charge is 2.37. The van der Waals surface area contributed by atoms with Crippen LogP contribution in [0.2, 0.25) is 0 Å². The number of carbonyl (C=O) groups excluding carboxylic acids is 1. The van der Waals surface area contributed by atoms with E-state index in [1.165, 1.54) is 0 Å². The van der Waals surface area contributed by atoms with Gasteiger partial charge in [0, 0.05) is 24.0 Å². The molecule has 6 nitrogen and oxygen atoms in total. The topological polar surface area (TPSA) is 72.1 Å². The van der Waals surface area contributed by atoms with Crippen molar-refractivity contribution in [2.45, 2.75) is 44.6 Å². The quantitative estimate of drug-likeness (QED) is 0.700. The number of pyridine rings is 1. The predicted octanol–water partition coefficient (Wildman–Crippen LogP) is 4.14. The standard InChI is InChI=1S/C21H22N4O2/c26-21(15-7-5-8-15)25-13-4-3-10-17(25)19-23-24-20(27-19)18-16-9-2-1-6-14(16)11-12-22-18/h1-2,6,9,11-12,15,17H,3-5,7-8,10,13H2. The highest BCUT2D eigenvalue weighted by atomic mass is 16.4. The summed E-state index contributed by atoms with van der Waals surface area (Å²) in [7, 11) is 0. The zero-order chi connectivity index (χ0) is 18.2. The summed E-state index contributed by atoms with van der Waals surface area (Å²) in [6.45, 7) is 0.782. The predicted molar refractivity (Wildman–Crippen MR) is 101 cm³/mol. The Bertz CT molecular complexity index is 974. The maximum absolute atomic E-state index is 12.8. The van der Waals surface area contributed by atoms with E-state index in [4.69, 9.17) is 4.42 Å². The van der Waals surface area contributed by atoms with Crippen LogP contribution in [0.4, 0.5) is 0 Å². The van der Waals surface area contributed by atoms with E-state index in [-0.39, 0.29) is 17.9 Å². The van der Waals surface area contributed by atoms with Gasteiger partial charge in [0.15, 0.2) is 0 Å². The van der Waals surface area contributed by atoms with Gasteiger partial charge < -0.3 is 9.32 Å². The first-order valence-corrected chi connectivity index (χ1v) is 9.79. The van der Waals surface area contributed by atoms with Crippen LogP contribution in [0.3, 0.4) is 0 Å². The molecule has 1 aliphatic heterocycles. The smallest absolute Gasteiger partial charge is 0.267 e. The zero-order valence-electron chi connectivity index (χ0n) is 15.2. The highest BCUT2D eigenvalue weighted by molar-refractivity contribution is 5.92. The Hall–Kier alpha value is -2.76. The lowest BCUT2D eigenvalue weighted by Crippen LogP contribution is -2.43. The summed E-state index contributed by atoms with van der Waals surface area (Å²) in [5, 5.41) is 10.6. The summed E-state index contributed by atoms with van der Waals surface area (Å²) >= 11 is 0. The first kappa shape index (κ1) is 16.4. The summed E-state index contributed by atoms with van der Waals surface area (Å²) in [5.74, 6) is 1.40. The maximum atomic E-state index is 12.8. The van der Waals surface area contributed by atoms with Crippen LogP contribution >= 0.6 is 0 Å². The molecule has 1 aromatic carbocycles. The molecule has 2 aliphatic rings. The molecule has 2 fully saturated rings. The molecule has 6 heteroatoms. The first-order valence-electron chi connectivity index (χ1n) is 9.79. The van der Waals surface area contributed by atoms with Crippen molar-refractivity contribution < 1.29 is 9.21 Å². The van der Waals surface area contributed by atoms with Gasteiger partial charge in [0.1, 0.15) is 11.7 Å². The van der Waals surface area contributed by atoms with Crippen LogP contribution in [0.15, 0.2) is 40.9 Å². The molecule has 5 rings (SSSR count). The van der Waals surface area contributed by atoms with E-state index in [0.717, 1.165) is 55.8 Å². The van der Waals surface area contributed by atoms with Crippen molar-refractivity contribution in [1.82, 2.24) is 20.1 Å². The molecule has 1 atom stereocenters. The molecule has 0 bridgehead atoms. The molecule has 27 heavy (non-hydrogen) atoms. The second kappa shape index (κ2) is 6.76. The van der Waals surface area contributed by atoms with Gasteiger partial charge in [0.25, 0.3) is 5.89 Å². The third kappa shape index (κ3) is 2.89. The largest absolute Gasteiger partial charge is 0.417 e. The van der Waals surface area contributed by atoms with Gasteiger partial charge >= 0.3 is 0 Å². The number of hydrogen-bond donors (Lipinski definition) is 0. The van der Waals surface area contributed by atoms with E-state index >= 15 is 0 Å². The van der Waals surface area contributed by atoms with Crippen molar-refractivity contribution in [3.63, 3.8) is 0 Å². The zero-order valence-corrected chi connectivity index (χ0v) is 15.2. The average molecular weight is 362 g/mol. The van der Waals surface area contributed by atoms with Crippen LogP contribution in [0.5, 0.6) is 0 Å². The molecule has 3 heterocycles. The van der Waals surface area contributed by atoms with Crippen molar-refractivity contribution in [3.05, 3.63) is 42.4 Å². The van der Waals surface area contributed by atoms with Crippen molar-refractivity contribution in [1.29, 1.82) is 0 Å². The maximum Gasteiger partial charge on any atom is 0.267 e. The van der Waals surface area contributed by atoms with Gasteiger partial charge in [0.05, 0.1) is 0 Å². The van der Waals surface area contributed by atoms with Gasteiger partial charge in [-0.25, -0.2) is 0 Å². The number of nitrogens with zero attached hydrogens (tertiary/aromatic N) is 4. The minimum Gasteiger partial charge on any atom is -0.417 e. The van der Waals surface area contributed by atoms with E-state index in [9.17, 15) is 4.79 Å². The number of fused-ring (bicyclic) bond motifs is 1. The van der Waals surface area contributed by atoms with Gasteiger partial charge in [-0.2, -0.15) is 0 Å². The van der Waals surface area contributed by atoms with Crippen LogP contribution in [-0.2, 0) is 4.79 Å². The molecule has 0 N–H and O–H groups in total. The van der Waals surface area contributed by atoms with E-state index in [2.05, 4.69) is 15.2 Å². The lowest BCUT2D eigenvalue weighted by Gasteiger charge is -2.38. The summed E-state index contributed by atoms with van der Waals surface area (Å²) in [5.41, 5.74) is 0.694. The fourth-order valence-corrected chi connectivity index (χ4v) is 4.10. The average Bonchev–Trinajstić information content (AvgIpc) is 3.16. The fraction of sp³-hybridized carbons (Fsp3) is 0.429. The van der Waals surface area contributed by atoms with Crippen molar-refractivity contribution in [3.8, 4) is 11.6 Å². The number of hydrogen-bond acceptors (Lipinski definition) is 5. The third-order valence-corrected chi connectivity index (χ3v) is 5.84. The molecule has 3 aromatic rings. The molecule has 0 spiro atoms. The van der Waals surface area contributed by atoms with Crippen molar-refractivity contribution in [2.24, 2.45) is 5.92 Å². The SMILES string of the molecule is O=C(C1CCC1)N1CCCCC1c1nnc(-c2nccc3ccccc23)o1.